The average molecular weight is 381 g/mol. The molecule has 9 heteroatoms. The van der Waals surface area contributed by atoms with Gasteiger partial charge in [-0.2, -0.15) is 0 Å². The van der Waals surface area contributed by atoms with Crippen LogP contribution in [0.25, 0.3) is 0 Å². The SMILES string of the molecule is Cn1c(CNC(=O)c2ccc(F)c(F)c2)nnc1SCCN1CCCC1. The first-order valence-electron chi connectivity index (χ1n) is 8.51. The van der Waals surface area contributed by atoms with Gasteiger partial charge in [-0.05, 0) is 44.1 Å². The number of halogens is 2. The van der Waals surface area contributed by atoms with Gasteiger partial charge in [0.25, 0.3) is 5.91 Å². The van der Waals surface area contributed by atoms with E-state index in [9.17, 15) is 13.6 Å². The molecule has 0 atom stereocenters. The zero-order valence-corrected chi connectivity index (χ0v) is 15.4. The minimum absolute atomic E-state index is 0.0614. The highest BCUT2D eigenvalue weighted by Gasteiger charge is 2.14. The Balaban J connectivity index is 1.50. The number of carbonyl (C=O) groups excluding carboxylic acids is 1. The van der Waals surface area contributed by atoms with Gasteiger partial charge in [-0.1, -0.05) is 11.8 Å². The van der Waals surface area contributed by atoms with Crippen molar-refractivity contribution in [2.24, 2.45) is 7.05 Å². The van der Waals surface area contributed by atoms with Crippen LogP contribution in [0.5, 0.6) is 0 Å². The number of nitrogens with one attached hydrogen (secondary N) is 1. The molecular formula is C17H21F2N5OS. The third-order valence-corrected chi connectivity index (χ3v) is 5.35. The predicted molar refractivity (Wildman–Crippen MR) is 94.9 cm³/mol. The summed E-state index contributed by atoms with van der Waals surface area (Å²) in [5.74, 6) is -0.981. The number of carbonyl (C=O) groups is 1. The van der Waals surface area contributed by atoms with Gasteiger partial charge in [0.05, 0.1) is 6.54 Å². The Kier molecular flexibility index (Phi) is 6.20. The van der Waals surface area contributed by atoms with E-state index >= 15 is 0 Å². The highest BCUT2D eigenvalue weighted by molar-refractivity contribution is 7.99. The Morgan fingerprint density at radius 2 is 2.00 bits per heavy atom. The maximum absolute atomic E-state index is 13.2. The third-order valence-electron chi connectivity index (χ3n) is 4.35. The first-order valence-corrected chi connectivity index (χ1v) is 9.50. The summed E-state index contributed by atoms with van der Waals surface area (Å²) in [5, 5.41) is 11.7. The van der Waals surface area contributed by atoms with Crippen LogP contribution < -0.4 is 5.32 Å². The lowest BCUT2D eigenvalue weighted by atomic mass is 10.2. The molecule has 0 saturated carbocycles. The Hall–Kier alpha value is -2.00. The fourth-order valence-corrected chi connectivity index (χ4v) is 3.73. The van der Waals surface area contributed by atoms with Crippen molar-refractivity contribution in [1.29, 1.82) is 0 Å². The van der Waals surface area contributed by atoms with E-state index in [-0.39, 0.29) is 12.1 Å². The minimum Gasteiger partial charge on any atom is -0.345 e. The average Bonchev–Trinajstić information content (AvgIpc) is 3.26. The molecule has 0 aliphatic carbocycles. The lowest BCUT2D eigenvalue weighted by Crippen LogP contribution is -2.24. The molecule has 3 rings (SSSR count). The molecule has 1 aliphatic heterocycles. The van der Waals surface area contributed by atoms with E-state index < -0.39 is 17.5 Å². The second-order valence-electron chi connectivity index (χ2n) is 6.17. The molecular weight excluding hydrogens is 360 g/mol. The molecule has 140 valence electrons. The molecule has 0 bridgehead atoms. The molecule has 2 aromatic rings. The number of thioether (sulfide) groups is 1. The summed E-state index contributed by atoms with van der Waals surface area (Å²) in [5.41, 5.74) is 0.0614. The first-order chi connectivity index (χ1) is 12.5. The number of amides is 1. The van der Waals surface area contributed by atoms with Crippen LogP contribution >= 0.6 is 11.8 Å². The van der Waals surface area contributed by atoms with Crippen molar-refractivity contribution in [2.75, 3.05) is 25.4 Å². The van der Waals surface area contributed by atoms with Crippen molar-refractivity contribution < 1.29 is 13.6 Å². The van der Waals surface area contributed by atoms with Gasteiger partial charge in [0.1, 0.15) is 0 Å². The number of benzene rings is 1. The topological polar surface area (TPSA) is 63.1 Å². The Bertz CT molecular complexity index is 777. The molecule has 0 radical (unpaired) electrons. The van der Waals surface area contributed by atoms with Crippen molar-refractivity contribution in [3.05, 3.63) is 41.2 Å². The van der Waals surface area contributed by atoms with Crippen LogP contribution in [0.2, 0.25) is 0 Å². The van der Waals surface area contributed by atoms with E-state index in [1.165, 1.54) is 32.0 Å². The molecule has 1 aliphatic rings. The van der Waals surface area contributed by atoms with E-state index in [0.717, 1.165) is 29.6 Å². The fraction of sp³-hybridized carbons (Fsp3) is 0.471. The summed E-state index contributed by atoms with van der Waals surface area (Å²) >= 11 is 1.63. The van der Waals surface area contributed by atoms with Crippen molar-refractivity contribution in [3.63, 3.8) is 0 Å². The smallest absolute Gasteiger partial charge is 0.251 e. The van der Waals surface area contributed by atoms with Gasteiger partial charge in [-0.15, -0.1) is 10.2 Å². The highest BCUT2D eigenvalue weighted by Crippen LogP contribution is 2.17. The van der Waals surface area contributed by atoms with Crippen molar-refractivity contribution in [1.82, 2.24) is 25.0 Å². The van der Waals surface area contributed by atoms with E-state index in [1.807, 2.05) is 11.6 Å². The minimum atomic E-state index is -1.05. The molecule has 1 N–H and O–H groups in total. The summed E-state index contributed by atoms with van der Waals surface area (Å²) in [7, 11) is 1.84. The van der Waals surface area contributed by atoms with Gasteiger partial charge >= 0.3 is 0 Å². The van der Waals surface area contributed by atoms with Gasteiger partial charge in [-0.3, -0.25) is 4.79 Å². The quantitative estimate of drug-likeness (QED) is 0.745. The van der Waals surface area contributed by atoms with Crippen LogP contribution in [-0.4, -0.2) is 51.0 Å². The second-order valence-corrected chi connectivity index (χ2v) is 7.23. The van der Waals surface area contributed by atoms with Crippen LogP contribution in [0, 0.1) is 11.6 Å². The Morgan fingerprint density at radius 1 is 1.23 bits per heavy atom. The number of hydrogen-bond donors (Lipinski definition) is 1. The fourth-order valence-electron chi connectivity index (χ4n) is 2.80. The molecule has 2 heterocycles. The lowest BCUT2D eigenvalue weighted by Gasteiger charge is -2.13. The molecule has 0 spiro atoms. The van der Waals surface area contributed by atoms with Crippen molar-refractivity contribution >= 4 is 17.7 Å². The Labute approximate surface area is 155 Å². The molecule has 1 saturated heterocycles. The number of likely N-dealkylation sites (tertiary alicyclic amines) is 1. The predicted octanol–water partition coefficient (Wildman–Crippen LogP) is 2.21. The zero-order chi connectivity index (χ0) is 18.5. The van der Waals surface area contributed by atoms with Gasteiger partial charge in [0, 0.05) is 24.9 Å². The van der Waals surface area contributed by atoms with Crippen molar-refractivity contribution in [2.45, 2.75) is 24.5 Å². The maximum Gasteiger partial charge on any atom is 0.251 e. The summed E-state index contributed by atoms with van der Waals surface area (Å²) in [4.78, 5) is 14.5. The van der Waals surface area contributed by atoms with Crippen LogP contribution in [0.4, 0.5) is 8.78 Å². The number of nitrogens with zero attached hydrogens (tertiary/aromatic N) is 4. The lowest BCUT2D eigenvalue weighted by molar-refractivity contribution is 0.0949. The normalized spacial score (nSPS) is 14.7. The maximum atomic E-state index is 13.2. The molecule has 1 aromatic heterocycles. The van der Waals surface area contributed by atoms with Crippen LogP contribution in [0.3, 0.4) is 0 Å². The molecule has 1 amide bonds. The summed E-state index contributed by atoms with van der Waals surface area (Å²) in [6, 6.07) is 3.05. The van der Waals surface area contributed by atoms with E-state index in [4.69, 9.17) is 0 Å². The van der Waals surface area contributed by atoms with Gasteiger partial charge in [0.15, 0.2) is 22.6 Å². The third kappa shape index (κ3) is 4.59. The monoisotopic (exact) mass is 381 g/mol. The van der Waals surface area contributed by atoms with Crippen LogP contribution in [-0.2, 0) is 13.6 Å². The second kappa shape index (κ2) is 8.59. The highest BCUT2D eigenvalue weighted by atomic mass is 32.2. The number of aromatic nitrogens is 3. The van der Waals surface area contributed by atoms with E-state index in [1.54, 1.807) is 11.8 Å². The number of hydrogen-bond acceptors (Lipinski definition) is 5. The van der Waals surface area contributed by atoms with E-state index in [2.05, 4.69) is 20.4 Å². The van der Waals surface area contributed by atoms with Gasteiger partial charge < -0.3 is 14.8 Å². The molecule has 6 nitrogen and oxygen atoms in total. The van der Waals surface area contributed by atoms with E-state index in [0.29, 0.717) is 5.82 Å². The van der Waals surface area contributed by atoms with Gasteiger partial charge in [0.2, 0.25) is 0 Å². The van der Waals surface area contributed by atoms with Crippen molar-refractivity contribution in [3.8, 4) is 0 Å². The molecule has 1 aromatic carbocycles. The standard InChI is InChI=1S/C17H21F2N5OS/c1-23-15(11-20-16(25)12-4-5-13(18)14(19)10-12)21-22-17(23)26-9-8-24-6-2-3-7-24/h4-5,10H,2-3,6-9,11H2,1H3,(H,20,25). The molecule has 0 unspecified atom stereocenters. The first kappa shape index (κ1) is 18.8. The van der Waals surface area contributed by atoms with Gasteiger partial charge in [-0.25, -0.2) is 8.78 Å². The zero-order valence-electron chi connectivity index (χ0n) is 14.5. The molecule has 1 fully saturated rings. The summed E-state index contributed by atoms with van der Waals surface area (Å²) < 4.78 is 28.0. The molecule has 26 heavy (non-hydrogen) atoms. The van der Waals surface area contributed by atoms with Crippen LogP contribution in [0.15, 0.2) is 23.4 Å². The Morgan fingerprint density at radius 3 is 2.73 bits per heavy atom. The van der Waals surface area contributed by atoms with Crippen LogP contribution in [0.1, 0.15) is 29.0 Å². The summed E-state index contributed by atoms with van der Waals surface area (Å²) in [6.07, 6.45) is 2.55. The summed E-state index contributed by atoms with van der Waals surface area (Å²) in [6.45, 7) is 3.52. The largest absolute Gasteiger partial charge is 0.345 e. The number of rotatable bonds is 7.